The van der Waals surface area contributed by atoms with Crippen molar-refractivity contribution in [1.82, 2.24) is 0 Å². The molecule has 0 aliphatic heterocycles. The van der Waals surface area contributed by atoms with Crippen molar-refractivity contribution < 1.29 is 0 Å². The molecule has 0 unspecified atom stereocenters. The molecule has 24 heavy (non-hydrogen) atoms. The standard InChI is InChI=1S/C23H16S/c1-2-8-17-15-18(14-13-16(17)7-1)24-23-21-11-5-3-9-19(21)20-10-4-6-12-22(20)23/h1-15,23H. The molecule has 0 nitrogen and oxygen atoms in total. The molecule has 1 heteroatoms. The Labute approximate surface area is 146 Å². The van der Waals surface area contributed by atoms with E-state index in [1.165, 1.54) is 37.9 Å². The summed E-state index contributed by atoms with van der Waals surface area (Å²) in [7, 11) is 0. The van der Waals surface area contributed by atoms with E-state index in [0.717, 1.165) is 0 Å². The van der Waals surface area contributed by atoms with Crippen LogP contribution in [-0.2, 0) is 0 Å². The van der Waals surface area contributed by atoms with Crippen molar-refractivity contribution in [2.75, 3.05) is 0 Å². The van der Waals surface area contributed by atoms with Crippen LogP contribution in [0, 0.1) is 0 Å². The van der Waals surface area contributed by atoms with Crippen molar-refractivity contribution >= 4 is 22.5 Å². The number of benzene rings is 4. The molecule has 0 saturated carbocycles. The third kappa shape index (κ3) is 2.16. The average molecular weight is 324 g/mol. The lowest BCUT2D eigenvalue weighted by Crippen LogP contribution is -1.91. The maximum atomic E-state index is 2.31. The van der Waals surface area contributed by atoms with Gasteiger partial charge in [0.15, 0.2) is 0 Å². The van der Waals surface area contributed by atoms with Crippen LogP contribution in [0.15, 0.2) is 95.9 Å². The van der Waals surface area contributed by atoms with Gasteiger partial charge in [0.05, 0.1) is 5.25 Å². The lowest BCUT2D eigenvalue weighted by molar-refractivity contribution is 1.21. The Kier molecular flexibility index (Phi) is 3.20. The van der Waals surface area contributed by atoms with Crippen molar-refractivity contribution in [2.45, 2.75) is 10.1 Å². The van der Waals surface area contributed by atoms with Crippen molar-refractivity contribution in [2.24, 2.45) is 0 Å². The minimum absolute atomic E-state index is 0.374. The molecule has 0 saturated heterocycles. The van der Waals surface area contributed by atoms with Crippen LogP contribution < -0.4 is 0 Å². The van der Waals surface area contributed by atoms with E-state index < -0.39 is 0 Å². The van der Waals surface area contributed by atoms with Gasteiger partial charge in [0, 0.05) is 4.90 Å². The molecule has 0 fully saturated rings. The Morgan fingerprint density at radius 2 is 1.12 bits per heavy atom. The maximum absolute atomic E-state index is 2.31. The van der Waals surface area contributed by atoms with Crippen molar-refractivity contribution in [3.05, 3.63) is 102 Å². The van der Waals surface area contributed by atoms with E-state index in [0.29, 0.717) is 5.25 Å². The molecule has 0 bridgehead atoms. The van der Waals surface area contributed by atoms with E-state index in [4.69, 9.17) is 0 Å². The summed E-state index contributed by atoms with van der Waals surface area (Å²) in [6, 6.07) is 33.0. The second-order valence-electron chi connectivity index (χ2n) is 6.18. The summed E-state index contributed by atoms with van der Waals surface area (Å²) in [5.74, 6) is 0. The molecular formula is C23H16S. The molecule has 1 aliphatic rings. The summed E-state index contributed by atoms with van der Waals surface area (Å²) >= 11 is 1.95. The SMILES string of the molecule is c1ccc2c(c1)-c1ccccc1C2Sc1ccc2ccccc2c1. The Balaban J connectivity index is 1.61. The van der Waals surface area contributed by atoms with Gasteiger partial charge in [-0.3, -0.25) is 0 Å². The molecule has 4 aromatic rings. The zero-order valence-electron chi connectivity index (χ0n) is 13.1. The van der Waals surface area contributed by atoms with Crippen molar-refractivity contribution in [1.29, 1.82) is 0 Å². The van der Waals surface area contributed by atoms with E-state index in [1.807, 2.05) is 11.8 Å². The molecule has 0 amide bonds. The number of fused-ring (bicyclic) bond motifs is 4. The third-order valence-electron chi connectivity index (χ3n) is 4.75. The monoisotopic (exact) mass is 324 g/mol. The number of thioether (sulfide) groups is 1. The highest BCUT2D eigenvalue weighted by atomic mass is 32.2. The van der Waals surface area contributed by atoms with Crippen LogP contribution >= 0.6 is 11.8 Å². The van der Waals surface area contributed by atoms with Gasteiger partial charge in [-0.15, -0.1) is 11.8 Å². The van der Waals surface area contributed by atoms with E-state index in [2.05, 4.69) is 91.0 Å². The van der Waals surface area contributed by atoms with E-state index >= 15 is 0 Å². The molecule has 0 radical (unpaired) electrons. The summed E-state index contributed by atoms with van der Waals surface area (Å²) in [6.45, 7) is 0. The number of hydrogen-bond acceptors (Lipinski definition) is 1. The first kappa shape index (κ1) is 13.9. The Morgan fingerprint density at radius 3 is 1.83 bits per heavy atom. The van der Waals surface area contributed by atoms with E-state index in [1.54, 1.807) is 0 Å². The fourth-order valence-electron chi connectivity index (χ4n) is 3.61. The Morgan fingerprint density at radius 1 is 0.542 bits per heavy atom. The molecule has 4 aromatic carbocycles. The van der Waals surface area contributed by atoms with Gasteiger partial charge in [-0.1, -0.05) is 78.9 Å². The zero-order chi connectivity index (χ0) is 15.9. The lowest BCUT2D eigenvalue weighted by Gasteiger charge is -2.14. The molecular weight excluding hydrogens is 308 g/mol. The van der Waals surface area contributed by atoms with Crippen LogP contribution in [0.25, 0.3) is 21.9 Å². The largest absolute Gasteiger partial charge is 0.113 e. The number of hydrogen-bond donors (Lipinski definition) is 0. The minimum atomic E-state index is 0.374. The fourth-order valence-corrected chi connectivity index (χ4v) is 4.89. The topological polar surface area (TPSA) is 0 Å². The zero-order valence-corrected chi connectivity index (χ0v) is 14.0. The summed E-state index contributed by atoms with van der Waals surface area (Å²) in [4.78, 5) is 1.32. The highest BCUT2D eigenvalue weighted by molar-refractivity contribution is 7.99. The quantitative estimate of drug-likeness (QED) is 0.395. The van der Waals surface area contributed by atoms with Gasteiger partial charge >= 0.3 is 0 Å². The second-order valence-corrected chi connectivity index (χ2v) is 7.36. The van der Waals surface area contributed by atoms with Gasteiger partial charge < -0.3 is 0 Å². The average Bonchev–Trinajstić information content (AvgIpc) is 2.96. The Bertz CT molecular complexity index is 1000. The molecule has 1 aliphatic carbocycles. The number of rotatable bonds is 2. The van der Waals surface area contributed by atoms with Gasteiger partial charge in [-0.25, -0.2) is 0 Å². The second kappa shape index (κ2) is 5.54. The van der Waals surface area contributed by atoms with E-state index in [9.17, 15) is 0 Å². The molecule has 0 spiro atoms. The minimum Gasteiger partial charge on any atom is -0.113 e. The molecule has 0 N–H and O–H groups in total. The summed E-state index contributed by atoms with van der Waals surface area (Å²) in [6.07, 6.45) is 0. The molecule has 5 rings (SSSR count). The van der Waals surface area contributed by atoms with Crippen LogP contribution in [0.5, 0.6) is 0 Å². The highest BCUT2D eigenvalue weighted by Crippen LogP contribution is 2.52. The maximum Gasteiger partial charge on any atom is 0.0606 e. The predicted octanol–water partition coefficient (Wildman–Crippen LogP) is 6.70. The lowest BCUT2D eigenvalue weighted by atomic mass is 10.1. The first-order valence-electron chi connectivity index (χ1n) is 8.24. The van der Waals surface area contributed by atoms with Gasteiger partial charge in [0.25, 0.3) is 0 Å². The van der Waals surface area contributed by atoms with Crippen LogP contribution in [0.3, 0.4) is 0 Å². The van der Waals surface area contributed by atoms with Crippen LogP contribution in [0.1, 0.15) is 16.4 Å². The highest BCUT2D eigenvalue weighted by Gasteiger charge is 2.28. The van der Waals surface area contributed by atoms with Crippen LogP contribution in [-0.4, -0.2) is 0 Å². The van der Waals surface area contributed by atoms with Crippen LogP contribution in [0.4, 0.5) is 0 Å². The smallest absolute Gasteiger partial charge is 0.0606 e. The van der Waals surface area contributed by atoms with Gasteiger partial charge in [0.2, 0.25) is 0 Å². The Hall–Kier alpha value is -2.51. The van der Waals surface area contributed by atoms with Gasteiger partial charge in [0.1, 0.15) is 0 Å². The first-order chi connectivity index (χ1) is 11.9. The third-order valence-corrected chi connectivity index (χ3v) is 6.02. The normalized spacial score (nSPS) is 13.0. The van der Waals surface area contributed by atoms with E-state index in [-0.39, 0.29) is 0 Å². The summed E-state index contributed by atoms with van der Waals surface area (Å²) in [5.41, 5.74) is 5.62. The van der Waals surface area contributed by atoms with Crippen molar-refractivity contribution in [3.8, 4) is 11.1 Å². The van der Waals surface area contributed by atoms with Crippen molar-refractivity contribution in [3.63, 3.8) is 0 Å². The molecule has 0 heterocycles. The van der Waals surface area contributed by atoms with Crippen LogP contribution in [0.2, 0.25) is 0 Å². The molecule has 0 aromatic heterocycles. The predicted molar refractivity (Wildman–Crippen MR) is 104 cm³/mol. The summed E-state index contributed by atoms with van der Waals surface area (Å²) < 4.78 is 0. The molecule has 114 valence electrons. The molecule has 0 atom stereocenters. The summed E-state index contributed by atoms with van der Waals surface area (Å²) in [5, 5.41) is 2.98. The fraction of sp³-hybridized carbons (Fsp3) is 0.0435. The first-order valence-corrected chi connectivity index (χ1v) is 9.12. The van der Waals surface area contributed by atoms with Gasteiger partial charge in [-0.2, -0.15) is 0 Å². The van der Waals surface area contributed by atoms with Gasteiger partial charge in [-0.05, 0) is 45.2 Å².